The average Bonchev–Trinajstić information content (AvgIpc) is 2.48. The van der Waals surface area contributed by atoms with Crippen LogP contribution in [0.2, 0.25) is 0 Å². The maximum Gasteiger partial charge on any atom is 0.0763 e. The molecular weight excluding hydrogens is 252 g/mol. The molecule has 0 spiro atoms. The number of thiol groups is 1. The molecule has 1 unspecified atom stereocenters. The van der Waals surface area contributed by atoms with Gasteiger partial charge in [-0.2, -0.15) is 12.6 Å². The molecule has 1 aliphatic carbocycles. The highest BCUT2D eigenvalue weighted by Gasteiger charge is 2.22. The molecule has 2 rings (SSSR count). The first-order valence-corrected chi connectivity index (χ1v) is 7.89. The number of benzene rings is 1. The average molecular weight is 276 g/mol. The van der Waals surface area contributed by atoms with Gasteiger partial charge in [0.25, 0.3) is 0 Å². The Hall–Kier alpha value is -0.730. The lowest BCUT2D eigenvalue weighted by atomic mass is 9.81. The fourth-order valence-corrected chi connectivity index (χ4v) is 3.40. The van der Waals surface area contributed by atoms with E-state index in [1.54, 1.807) is 0 Å². The molecule has 0 heterocycles. The minimum atomic E-state index is -0.333. The van der Waals surface area contributed by atoms with Crippen LogP contribution < -0.4 is 0 Å². The van der Waals surface area contributed by atoms with Gasteiger partial charge in [-0.1, -0.05) is 49.6 Å². The predicted octanol–water partition coefficient (Wildman–Crippen LogP) is 4.37. The Balaban J connectivity index is 1.88. The highest BCUT2D eigenvalue weighted by molar-refractivity contribution is 7.83. The summed E-state index contributed by atoms with van der Waals surface area (Å²) in [6.07, 6.45) is 7.76. The Morgan fingerprint density at radius 1 is 1.21 bits per heavy atom. The molecule has 104 valence electrons. The van der Waals surface area contributed by atoms with E-state index in [1.807, 2.05) is 11.5 Å². The summed E-state index contributed by atoms with van der Waals surface area (Å²) >= 11 is 4.32. The second-order valence-electron chi connectivity index (χ2n) is 5.50. The number of aliphatic hydroxyl groups excluding tert-OH is 1. The van der Waals surface area contributed by atoms with Crippen molar-refractivity contribution in [1.29, 1.82) is 0 Å². The van der Waals surface area contributed by atoms with E-state index in [2.05, 4.69) is 36.9 Å². The van der Waals surface area contributed by atoms with Crippen molar-refractivity contribution in [2.24, 2.45) is 5.92 Å². The van der Waals surface area contributed by atoms with Gasteiger partial charge >= 0.3 is 0 Å². The van der Waals surface area contributed by atoms with Crippen LogP contribution in [-0.2, 0) is 6.42 Å². The van der Waals surface area contributed by atoms with Gasteiger partial charge in [-0.15, -0.1) is 0 Å². The summed E-state index contributed by atoms with van der Waals surface area (Å²) in [6.45, 7) is 0. The first-order chi connectivity index (χ1) is 9.31. The SMILES string of the molecule is OC(CCc1ccccc1)/C(=C/S)C1CCCCC1. The molecule has 19 heavy (non-hydrogen) atoms. The third-order valence-corrected chi connectivity index (χ3v) is 4.46. The van der Waals surface area contributed by atoms with E-state index in [-0.39, 0.29) is 6.10 Å². The summed E-state index contributed by atoms with van der Waals surface area (Å²) in [6, 6.07) is 10.4. The second-order valence-corrected chi connectivity index (χ2v) is 5.76. The molecular formula is C17H24OS. The quantitative estimate of drug-likeness (QED) is 0.765. The van der Waals surface area contributed by atoms with Crippen LogP contribution in [0.25, 0.3) is 0 Å². The zero-order valence-corrected chi connectivity index (χ0v) is 12.4. The molecule has 1 fully saturated rings. The maximum atomic E-state index is 10.4. The topological polar surface area (TPSA) is 20.2 Å². The highest BCUT2D eigenvalue weighted by Crippen LogP contribution is 2.32. The lowest BCUT2D eigenvalue weighted by molar-refractivity contribution is 0.179. The Labute approximate surface area is 122 Å². The lowest BCUT2D eigenvalue weighted by Gasteiger charge is -2.27. The van der Waals surface area contributed by atoms with Gasteiger partial charge in [-0.3, -0.25) is 0 Å². The van der Waals surface area contributed by atoms with Crippen LogP contribution in [0.1, 0.15) is 44.1 Å². The standard InChI is InChI=1S/C17H24OS/c18-17(12-11-14-7-3-1-4-8-14)16(13-19)15-9-5-2-6-10-15/h1,3-4,7-8,13,15,17-19H,2,5-6,9-12H2/b16-13+. The molecule has 2 heteroatoms. The highest BCUT2D eigenvalue weighted by atomic mass is 32.1. The predicted molar refractivity (Wildman–Crippen MR) is 84.4 cm³/mol. The molecule has 0 saturated heterocycles. The minimum absolute atomic E-state index is 0.333. The van der Waals surface area contributed by atoms with Crippen LogP contribution in [0.3, 0.4) is 0 Å². The van der Waals surface area contributed by atoms with Gasteiger partial charge in [-0.25, -0.2) is 0 Å². The fraction of sp³-hybridized carbons (Fsp3) is 0.529. The largest absolute Gasteiger partial charge is 0.389 e. The fourth-order valence-electron chi connectivity index (χ4n) is 3.01. The van der Waals surface area contributed by atoms with Crippen LogP contribution >= 0.6 is 12.6 Å². The third-order valence-electron chi connectivity index (χ3n) is 4.16. The van der Waals surface area contributed by atoms with E-state index in [0.717, 1.165) is 18.4 Å². The van der Waals surface area contributed by atoms with Crippen molar-refractivity contribution in [1.82, 2.24) is 0 Å². The van der Waals surface area contributed by atoms with Crippen molar-refractivity contribution in [3.8, 4) is 0 Å². The summed E-state index contributed by atoms with van der Waals surface area (Å²) in [5, 5.41) is 12.3. The summed E-state index contributed by atoms with van der Waals surface area (Å²) in [7, 11) is 0. The molecule has 0 amide bonds. The van der Waals surface area contributed by atoms with Crippen LogP contribution in [0.15, 0.2) is 41.3 Å². The summed E-state index contributed by atoms with van der Waals surface area (Å²) in [5.41, 5.74) is 2.45. The monoisotopic (exact) mass is 276 g/mol. The summed E-state index contributed by atoms with van der Waals surface area (Å²) in [4.78, 5) is 0. The summed E-state index contributed by atoms with van der Waals surface area (Å²) < 4.78 is 0. The number of hydrogen-bond acceptors (Lipinski definition) is 2. The first kappa shape index (κ1) is 14.7. The molecule has 1 aromatic carbocycles. The second kappa shape index (κ2) is 7.76. The van der Waals surface area contributed by atoms with E-state index >= 15 is 0 Å². The van der Waals surface area contributed by atoms with Crippen LogP contribution in [0.5, 0.6) is 0 Å². The van der Waals surface area contributed by atoms with E-state index < -0.39 is 0 Å². The Bertz CT molecular complexity index is 393. The Morgan fingerprint density at radius 2 is 1.89 bits per heavy atom. The van der Waals surface area contributed by atoms with E-state index in [1.165, 1.54) is 37.7 Å². The molecule has 0 aromatic heterocycles. The van der Waals surface area contributed by atoms with Crippen molar-refractivity contribution in [2.45, 2.75) is 51.0 Å². The molecule has 1 saturated carbocycles. The van der Waals surface area contributed by atoms with Gasteiger partial charge in [0.15, 0.2) is 0 Å². The van der Waals surface area contributed by atoms with Crippen molar-refractivity contribution >= 4 is 12.6 Å². The molecule has 1 atom stereocenters. The van der Waals surface area contributed by atoms with E-state index in [4.69, 9.17) is 0 Å². The number of aryl methyl sites for hydroxylation is 1. The van der Waals surface area contributed by atoms with Crippen molar-refractivity contribution in [2.75, 3.05) is 0 Å². The lowest BCUT2D eigenvalue weighted by Crippen LogP contribution is -2.20. The van der Waals surface area contributed by atoms with Gasteiger partial charge in [0.1, 0.15) is 0 Å². The first-order valence-electron chi connectivity index (χ1n) is 7.37. The zero-order chi connectivity index (χ0) is 13.5. The van der Waals surface area contributed by atoms with Gasteiger partial charge in [0, 0.05) is 0 Å². The van der Waals surface area contributed by atoms with Crippen molar-refractivity contribution in [3.05, 3.63) is 46.9 Å². The van der Waals surface area contributed by atoms with Crippen LogP contribution in [-0.4, -0.2) is 11.2 Å². The normalized spacial score (nSPS) is 19.4. The number of hydrogen-bond donors (Lipinski definition) is 2. The van der Waals surface area contributed by atoms with Crippen LogP contribution in [0.4, 0.5) is 0 Å². The molecule has 1 nitrogen and oxygen atoms in total. The molecule has 0 radical (unpaired) electrons. The van der Waals surface area contributed by atoms with E-state index in [0.29, 0.717) is 5.92 Å². The number of rotatable bonds is 5. The van der Waals surface area contributed by atoms with Crippen LogP contribution in [0, 0.1) is 5.92 Å². The zero-order valence-electron chi connectivity index (χ0n) is 11.5. The van der Waals surface area contributed by atoms with Gasteiger partial charge in [0.05, 0.1) is 6.10 Å². The third kappa shape index (κ3) is 4.39. The maximum absolute atomic E-state index is 10.4. The molecule has 1 aliphatic rings. The smallest absolute Gasteiger partial charge is 0.0763 e. The Kier molecular flexibility index (Phi) is 5.99. The van der Waals surface area contributed by atoms with Crippen molar-refractivity contribution in [3.63, 3.8) is 0 Å². The molecule has 0 bridgehead atoms. The van der Waals surface area contributed by atoms with Gasteiger partial charge in [0.2, 0.25) is 0 Å². The molecule has 0 aliphatic heterocycles. The Morgan fingerprint density at radius 3 is 2.53 bits per heavy atom. The molecule has 1 N–H and O–H groups in total. The minimum Gasteiger partial charge on any atom is -0.389 e. The van der Waals surface area contributed by atoms with E-state index in [9.17, 15) is 5.11 Å². The van der Waals surface area contributed by atoms with Gasteiger partial charge < -0.3 is 5.11 Å². The number of aliphatic hydroxyl groups is 1. The summed E-state index contributed by atoms with van der Waals surface area (Å²) in [5.74, 6) is 0.553. The van der Waals surface area contributed by atoms with Gasteiger partial charge in [-0.05, 0) is 48.1 Å². The molecule has 1 aromatic rings. The van der Waals surface area contributed by atoms with Crippen molar-refractivity contribution < 1.29 is 5.11 Å².